The minimum Gasteiger partial charge on any atom is -0.324 e. The second-order valence-corrected chi connectivity index (χ2v) is 4.40. The number of anilines is 2. The summed E-state index contributed by atoms with van der Waals surface area (Å²) in [6.45, 7) is 0. The van der Waals surface area contributed by atoms with Crippen LogP contribution in [0, 0.1) is 0 Å². The molecule has 1 aliphatic heterocycles. The summed E-state index contributed by atoms with van der Waals surface area (Å²) in [5, 5.41) is 4.85. The predicted molar refractivity (Wildman–Crippen MR) is 63.8 cm³/mol. The molecule has 78 valence electrons. The summed E-state index contributed by atoms with van der Waals surface area (Å²) >= 11 is 5.09. The second-order valence-electron chi connectivity index (χ2n) is 2.98. The zero-order valence-electron chi connectivity index (χ0n) is 7.61. The molecule has 6 heteroatoms. The lowest BCUT2D eigenvalue weighted by atomic mass is 10.2. The highest BCUT2D eigenvalue weighted by atomic mass is 32.2. The smallest absolute Gasteiger partial charge is 0.280 e. The Bertz CT molecular complexity index is 434. The van der Waals surface area contributed by atoms with Crippen LogP contribution in [0.1, 0.15) is 0 Å². The van der Waals surface area contributed by atoms with Crippen molar-refractivity contribution in [1.82, 2.24) is 0 Å². The van der Waals surface area contributed by atoms with E-state index in [0.717, 1.165) is 10.6 Å². The van der Waals surface area contributed by atoms with E-state index in [1.54, 1.807) is 12.1 Å². The molecular formula is C9H8N2O2S2. The van der Waals surface area contributed by atoms with Gasteiger partial charge in [0, 0.05) is 10.6 Å². The molecule has 4 nitrogen and oxygen atoms in total. The van der Waals surface area contributed by atoms with Crippen LogP contribution in [-0.2, 0) is 4.79 Å². The number of hydrogen-bond acceptors (Lipinski definition) is 3. The molecule has 1 aliphatic rings. The highest BCUT2D eigenvalue weighted by Gasteiger charge is 2.15. The summed E-state index contributed by atoms with van der Waals surface area (Å²) in [6.07, 6.45) is 0. The van der Waals surface area contributed by atoms with Crippen LogP contribution < -0.4 is 10.6 Å². The summed E-state index contributed by atoms with van der Waals surface area (Å²) < 4.78 is 0. The summed E-state index contributed by atoms with van der Waals surface area (Å²) in [5.74, 6) is 0.410. The Morgan fingerprint density at radius 1 is 1.53 bits per heavy atom. The lowest BCUT2D eigenvalue weighted by Gasteiger charge is -2.16. The third kappa shape index (κ3) is 2.45. The van der Waals surface area contributed by atoms with Crippen LogP contribution in [0.5, 0.6) is 0 Å². The quantitative estimate of drug-likeness (QED) is 0.659. The number of amides is 2. The van der Waals surface area contributed by atoms with Crippen LogP contribution in [0.25, 0.3) is 0 Å². The second kappa shape index (κ2) is 4.16. The summed E-state index contributed by atoms with van der Waals surface area (Å²) in [4.78, 5) is 22.8. The maximum absolute atomic E-state index is 11.1. The maximum Gasteiger partial charge on any atom is 0.280 e. The largest absolute Gasteiger partial charge is 0.324 e. The first-order valence-corrected chi connectivity index (χ1v) is 5.65. The van der Waals surface area contributed by atoms with Gasteiger partial charge in [-0.2, -0.15) is 0 Å². The molecule has 0 fully saturated rings. The molecule has 0 bridgehead atoms. The van der Waals surface area contributed by atoms with Gasteiger partial charge in [0.25, 0.3) is 5.24 Å². The van der Waals surface area contributed by atoms with E-state index in [1.165, 1.54) is 11.8 Å². The number of carbonyl (C=O) groups excluding carboxylic acids is 2. The monoisotopic (exact) mass is 240 g/mol. The molecule has 2 amide bonds. The van der Waals surface area contributed by atoms with E-state index in [1.807, 2.05) is 6.07 Å². The number of hydrogen-bond donors (Lipinski definition) is 3. The van der Waals surface area contributed by atoms with E-state index in [0.29, 0.717) is 11.4 Å². The molecule has 15 heavy (non-hydrogen) atoms. The van der Waals surface area contributed by atoms with Crippen molar-refractivity contribution in [3.05, 3.63) is 18.2 Å². The van der Waals surface area contributed by atoms with Crippen LogP contribution >= 0.6 is 24.4 Å². The first-order chi connectivity index (χ1) is 7.15. The van der Waals surface area contributed by atoms with Gasteiger partial charge in [-0.15, -0.1) is 11.8 Å². The molecule has 1 aromatic rings. The van der Waals surface area contributed by atoms with Gasteiger partial charge >= 0.3 is 0 Å². The highest BCUT2D eigenvalue weighted by Crippen LogP contribution is 2.33. The van der Waals surface area contributed by atoms with Gasteiger partial charge < -0.3 is 10.6 Å². The molecule has 2 N–H and O–H groups in total. The predicted octanol–water partition coefficient (Wildman–Crippen LogP) is 2.19. The van der Waals surface area contributed by atoms with E-state index >= 15 is 0 Å². The molecule has 0 atom stereocenters. The van der Waals surface area contributed by atoms with Crippen molar-refractivity contribution in [2.75, 3.05) is 16.4 Å². The normalized spacial score (nSPS) is 14.1. The van der Waals surface area contributed by atoms with Gasteiger partial charge in [0.15, 0.2) is 0 Å². The van der Waals surface area contributed by atoms with Crippen molar-refractivity contribution in [1.29, 1.82) is 0 Å². The maximum atomic E-state index is 11.1. The molecule has 0 radical (unpaired) electrons. The minimum atomic E-state index is -0.426. The van der Waals surface area contributed by atoms with E-state index in [-0.39, 0.29) is 5.91 Å². The zero-order chi connectivity index (χ0) is 10.8. The van der Waals surface area contributed by atoms with Gasteiger partial charge in [-0.3, -0.25) is 9.59 Å². The number of carbonyl (C=O) groups is 2. The summed E-state index contributed by atoms with van der Waals surface area (Å²) in [7, 11) is 0. The van der Waals surface area contributed by atoms with E-state index in [9.17, 15) is 9.59 Å². The number of fused-ring (bicyclic) bond motifs is 1. The fraction of sp³-hybridized carbons (Fsp3) is 0.111. The zero-order valence-corrected chi connectivity index (χ0v) is 9.32. The number of thiol groups is 1. The summed E-state index contributed by atoms with van der Waals surface area (Å²) in [5.41, 5.74) is 1.35. The molecule has 0 aliphatic carbocycles. The number of rotatable bonds is 1. The number of benzene rings is 1. The molecule has 0 unspecified atom stereocenters. The molecule has 1 heterocycles. The molecule has 1 aromatic carbocycles. The Balaban J connectivity index is 2.28. The average Bonchev–Trinajstić information content (AvgIpc) is 2.16. The average molecular weight is 240 g/mol. The summed E-state index contributed by atoms with van der Waals surface area (Å²) in [6, 6.07) is 5.35. The number of nitrogens with one attached hydrogen (secondary N) is 2. The highest BCUT2D eigenvalue weighted by molar-refractivity contribution is 8.00. The van der Waals surface area contributed by atoms with E-state index in [2.05, 4.69) is 23.3 Å². The first kappa shape index (κ1) is 10.4. The minimum absolute atomic E-state index is 0.0261. The third-order valence-electron chi connectivity index (χ3n) is 1.86. The van der Waals surface area contributed by atoms with Crippen molar-refractivity contribution in [2.45, 2.75) is 4.90 Å². The molecule has 0 saturated heterocycles. The van der Waals surface area contributed by atoms with Crippen LogP contribution in [0.4, 0.5) is 16.2 Å². The Hall–Kier alpha value is -1.14. The van der Waals surface area contributed by atoms with Crippen molar-refractivity contribution < 1.29 is 9.59 Å². The van der Waals surface area contributed by atoms with Crippen LogP contribution in [0.2, 0.25) is 0 Å². The molecule has 0 spiro atoms. The Labute approximate surface area is 96.2 Å². The molecular weight excluding hydrogens is 232 g/mol. The Morgan fingerprint density at radius 3 is 3.07 bits per heavy atom. The van der Waals surface area contributed by atoms with E-state index in [4.69, 9.17) is 0 Å². The van der Waals surface area contributed by atoms with Gasteiger partial charge in [0.1, 0.15) is 0 Å². The van der Waals surface area contributed by atoms with Gasteiger partial charge in [-0.25, -0.2) is 0 Å². The van der Waals surface area contributed by atoms with Crippen molar-refractivity contribution in [3.8, 4) is 0 Å². The van der Waals surface area contributed by atoms with Crippen LogP contribution in [-0.4, -0.2) is 16.9 Å². The van der Waals surface area contributed by atoms with Crippen LogP contribution in [0.15, 0.2) is 23.1 Å². The molecule has 0 saturated carbocycles. The SMILES string of the molecule is O=C(S)Nc1ccc2c(c1)NC(=O)CS2. The van der Waals surface area contributed by atoms with Crippen LogP contribution in [0.3, 0.4) is 0 Å². The Morgan fingerprint density at radius 2 is 2.33 bits per heavy atom. The molecule has 2 rings (SSSR count). The van der Waals surface area contributed by atoms with Gasteiger partial charge in [0.05, 0.1) is 11.4 Å². The third-order valence-corrected chi connectivity index (χ3v) is 3.05. The van der Waals surface area contributed by atoms with Gasteiger partial charge in [-0.05, 0) is 18.2 Å². The number of thioether (sulfide) groups is 1. The first-order valence-electron chi connectivity index (χ1n) is 4.22. The topological polar surface area (TPSA) is 58.2 Å². The van der Waals surface area contributed by atoms with Crippen molar-refractivity contribution in [3.63, 3.8) is 0 Å². The lowest BCUT2D eigenvalue weighted by Crippen LogP contribution is -2.18. The van der Waals surface area contributed by atoms with Crippen molar-refractivity contribution in [2.24, 2.45) is 0 Å². The standard InChI is InChI=1S/C9H8N2O2S2/c12-8-4-15-7-2-1-5(10-9(13)14)3-6(7)11-8/h1-3H,4H2,(H,11,12)(H2,10,13,14). The molecule has 0 aromatic heterocycles. The van der Waals surface area contributed by atoms with E-state index < -0.39 is 5.24 Å². The van der Waals surface area contributed by atoms with Gasteiger partial charge in [-0.1, -0.05) is 12.6 Å². The lowest BCUT2D eigenvalue weighted by molar-refractivity contribution is -0.113. The fourth-order valence-electron chi connectivity index (χ4n) is 1.28. The van der Waals surface area contributed by atoms with Gasteiger partial charge in [0.2, 0.25) is 5.91 Å². The fourth-order valence-corrected chi connectivity index (χ4v) is 2.20. The van der Waals surface area contributed by atoms with Crippen molar-refractivity contribution >= 4 is 46.9 Å². The Kier molecular flexibility index (Phi) is 2.88.